The van der Waals surface area contributed by atoms with Crippen molar-refractivity contribution < 1.29 is 0 Å². The lowest BCUT2D eigenvalue weighted by Crippen LogP contribution is -2.48. The normalized spacial score (nSPS) is 28.9. The molecule has 2 fully saturated rings. The summed E-state index contributed by atoms with van der Waals surface area (Å²) in [6, 6.07) is 12.9. The Bertz CT molecular complexity index is 400. The van der Waals surface area contributed by atoms with Crippen molar-refractivity contribution in [3.63, 3.8) is 0 Å². The molecule has 2 atom stereocenters. The lowest BCUT2D eigenvalue weighted by molar-refractivity contribution is 0.229. The van der Waals surface area contributed by atoms with Crippen molar-refractivity contribution in [2.45, 2.75) is 50.9 Å². The lowest BCUT2D eigenvalue weighted by Gasteiger charge is -2.31. The minimum Gasteiger partial charge on any atom is -0.317 e. The third-order valence-corrected chi connectivity index (χ3v) is 4.90. The van der Waals surface area contributed by atoms with Crippen molar-refractivity contribution in [3.8, 4) is 0 Å². The Morgan fingerprint density at radius 1 is 1.15 bits per heavy atom. The second-order valence-corrected chi connectivity index (χ2v) is 6.28. The molecule has 2 unspecified atom stereocenters. The van der Waals surface area contributed by atoms with E-state index < -0.39 is 0 Å². The Balaban J connectivity index is 1.52. The molecule has 3 heteroatoms. The number of nitrogens with zero attached hydrogens (tertiary/aromatic N) is 1. The Morgan fingerprint density at radius 2 is 1.90 bits per heavy atom. The van der Waals surface area contributed by atoms with E-state index in [0.29, 0.717) is 12.1 Å². The van der Waals surface area contributed by atoms with Crippen molar-refractivity contribution in [2.75, 3.05) is 19.6 Å². The highest BCUT2D eigenvalue weighted by molar-refractivity contribution is 5.15. The average Bonchev–Trinajstić information content (AvgIpc) is 2.83. The van der Waals surface area contributed by atoms with Crippen LogP contribution in [0.4, 0.5) is 0 Å². The van der Waals surface area contributed by atoms with Gasteiger partial charge in [-0.05, 0) is 44.8 Å². The largest absolute Gasteiger partial charge is 0.317 e. The molecule has 2 aliphatic rings. The third-order valence-electron chi connectivity index (χ3n) is 4.90. The van der Waals surface area contributed by atoms with E-state index in [0.717, 1.165) is 12.6 Å². The van der Waals surface area contributed by atoms with Gasteiger partial charge >= 0.3 is 0 Å². The molecule has 0 aliphatic carbocycles. The van der Waals surface area contributed by atoms with Crippen LogP contribution in [-0.4, -0.2) is 42.7 Å². The van der Waals surface area contributed by atoms with Gasteiger partial charge in [0.05, 0.1) is 0 Å². The molecule has 2 aliphatic heterocycles. The van der Waals surface area contributed by atoms with Crippen LogP contribution in [0.25, 0.3) is 0 Å². The molecule has 0 radical (unpaired) electrons. The molecule has 0 aromatic heterocycles. The van der Waals surface area contributed by atoms with Crippen LogP contribution in [0.1, 0.15) is 31.7 Å². The van der Waals surface area contributed by atoms with Gasteiger partial charge < -0.3 is 10.6 Å². The summed E-state index contributed by atoms with van der Waals surface area (Å²) in [7, 11) is 0. The zero-order valence-corrected chi connectivity index (χ0v) is 12.5. The third kappa shape index (κ3) is 3.40. The molecule has 1 aromatic carbocycles. The minimum absolute atomic E-state index is 0.644. The molecule has 110 valence electrons. The van der Waals surface area contributed by atoms with Crippen molar-refractivity contribution in [1.29, 1.82) is 0 Å². The van der Waals surface area contributed by atoms with Crippen LogP contribution >= 0.6 is 0 Å². The Kier molecular flexibility index (Phi) is 4.71. The van der Waals surface area contributed by atoms with Gasteiger partial charge in [0.2, 0.25) is 0 Å². The maximum Gasteiger partial charge on any atom is 0.0237 e. The smallest absolute Gasteiger partial charge is 0.0237 e. The number of likely N-dealkylation sites (tertiary alicyclic amines) is 1. The topological polar surface area (TPSA) is 27.3 Å². The zero-order valence-electron chi connectivity index (χ0n) is 12.5. The SMILES string of the molecule is CC1C(NC2CCNCC2)CCN1Cc1ccccc1. The summed E-state index contributed by atoms with van der Waals surface area (Å²) in [6.45, 7) is 7.04. The number of benzene rings is 1. The van der Waals surface area contributed by atoms with E-state index in [1.165, 1.54) is 44.5 Å². The van der Waals surface area contributed by atoms with E-state index in [1.807, 2.05) is 0 Å². The highest BCUT2D eigenvalue weighted by atomic mass is 15.2. The molecule has 1 aromatic rings. The molecule has 2 heterocycles. The summed E-state index contributed by atoms with van der Waals surface area (Å²) >= 11 is 0. The van der Waals surface area contributed by atoms with Crippen LogP contribution in [-0.2, 0) is 6.54 Å². The molecule has 3 rings (SSSR count). The predicted octanol–water partition coefficient (Wildman–Crippen LogP) is 1.99. The summed E-state index contributed by atoms with van der Waals surface area (Å²) in [5.41, 5.74) is 1.43. The van der Waals surface area contributed by atoms with Gasteiger partial charge in [-0.15, -0.1) is 0 Å². The van der Waals surface area contributed by atoms with Crippen LogP contribution in [0.3, 0.4) is 0 Å². The Morgan fingerprint density at radius 3 is 2.65 bits per heavy atom. The monoisotopic (exact) mass is 273 g/mol. The first-order valence-corrected chi connectivity index (χ1v) is 8.07. The molecule has 0 amide bonds. The van der Waals surface area contributed by atoms with Gasteiger partial charge in [0.1, 0.15) is 0 Å². The summed E-state index contributed by atoms with van der Waals surface area (Å²) in [5, 5.41) is 7.34. The van der Waals surface area contributed by atoms with Crippen LogP contribution in [0, 0.1) is 0 Å². The number of piperidine rings is 1. The fourth-order valence-corrected chi connectivity index (χ4v) is 3.56. The molecule has 0 bridgehead atoms. The maximum atomic E-state index is 3.90. The number of nitrogens with one attached hydrogen (secondary N) is 2. The number of hydrogen-bond acceptors (Lipinski definition) is 3. The van der Waals surface area contributed by atoms with Gasteiger partial charge in [0.15, 0.2) is 0 Å². The molecule has 0 spiro atoms. The number of rotatable bonds is 4. The molecular weight excluding hydrogens is 246 g/mol. The summed E-state index contributed by atoms with van der Waals surface area (Å²) < 4.78 is 0. The minimum atomic E-state index is 0.644. The van der Waals surface area contributed by atoms with Crippen LogP contribution in [0.15, 0.2) is 30.3 Å². The Labute approximate surface area is 122 Å². The first-order valence-electron chi connectivity index (χ1n) is 8.07. The van der Waals surface area contributed by atoms with Gasteiger partial charge in [-0.3, -0.25) is 4.90 Å². The van der Waals surface area contributed by atoms with E-state index in [4.69, 9.17) is 0 Å². The van der Waals surface area contributed by atoms with Gasteiger partial charge in [0.25, 0.3) is 0 Å². The average molecular weight is 273 g/mol. The standard InChI is InChI=1S/C17H27N3/c1-14-17(19-16-7-10-18-11-8-16)9-12-20(14)13-15-5-3-2-4-6-15/h2-6,14,16-19H,7-13H2,1H3. The van der Waals surface area contributed by atoms with E-state index in [-0.39, 0.29) is 0 Å². The first-order chi connectivity index (χ1) is 9.83. The predicted molar refractivity (Wildman–Crippen MR) is 83.7 cm³/mol. The van der Waals surface area contributed by atoms with Crippen molar-refractivity contribution in [3.05, 3.63) is 35.9 Å². The van der Waals surface area contributed by atoms with E-state index in [9.17, 15) is 0 Å². The zero-order chi connectivity index (χ0) is 13.8. The fraction of sp³-hybridized carbons (Fsp3) is 0.647. The van der Waals surface area contributed by atoms with E-state index in [1.54, 1.807) is 0 Å². The molecule has 0 saturated carbocycles. The quantitative estimate of drug-likeness (QED) is 0.878. The van der Waals surface area contributed by atoms with Crippen LogP contribution in [0.2, 0.25) is 0 Å². The highest BCUT2D eigenvalue weighted by Crippen LogP contribution is 2.21. The van der Waals surface area contributed by atoms with Crippen LogP contribution in [0.5, 0.6) is 0 Å². The fourth-order valence-electron chi connectivity index (χ4n) is 3.56. The lowest BCUT2D eigenvalue weighted by atomic mass is 10.0. The molecule has 2 saturated heterocycles. The van der Waals surface area contributed by atoms with E-state index in [2.05, 4.69) is 52.8 Å². The summed E-state index contributed by atoms with van der Waals surface area (Å²) in [4.78, 5) is 2.62. The van der Waals surface area contributed by atoms with Crippen molar-refractivity contribution >= 4 is 0 Å². The van der Waals surface area contributed by atoms with Crippen LogP contribution < -0.4 is 10.6 Å². The molecular formula is C17H27N3. The second kappa shape index (κ2) is 6.70. The molecule has 20 heavy (non-hydrogen) atoms. The van der Waals surface area contributed by atoms with Gasteiger partial charge in [-0.1, -0.05) is 30.3 Å². The van der Waals surface area contributed by atoms with E-state index >= 15 is 0 Å². The first kappa shape index (κ1) is 14.1. The molecule has 2 N–H and O–H groups in total. The second-order valence-electron chi connectivity index (χ2n) is 6.28. The summed E-state index contributed by atoms with van der Waals surface area (Å²) in [5.74, 6) is 0. The van der Waals surface area contributed by atoms with Gasteiger partial charge in [0, 0.05) is 31.2 Å². The number of hydrogen-bond donors (Lipinski definition) is 2. The maximum absolute atomic E-state index is 3.90. The molecule has 3 nitrogen and oxygen atoms in total. The van der Waals surface area contributed by atoms with Gasteiger partial charge in [-0.2, -0.15) is 0 Å². The Hall–Kier alpha value is -0.900. The van der Waals surface area contributed by atoms with Crippen molar-refractivity contribution in [2.24, 2.45) is 0 Å². The van der Waals surface area contributed by atoms with Crippen molar-refractivity contribution in [1.82, 2.24) is 15.5 Å². The summed E-state index contributed by atoms with van der Waals surface area (Å²) in [6.07, 6.45) is 3.85. The van der Waals surface area contributed by atoms with Gasteiger partial charge in [-0.25, -0.2) is 0 Å². The highest BCUT2D eigenvalue weighted by Gasteiger charge is 2.31.